The maximum absolute atomic E-state index is 10.9. The number of hydrogen-bond acceptors (Lipinski definition) is 7. The van der Waals surface area contributed by atoms with E-state index in [4.69, 9.17) is 25.1 Å². The molecule has 8 nitrogen and oxygen atoms in total. The number of carboxylic acid groups (broad SMARTS) is 1. The van der Waals surface area contributed by atoms with Gasteiger partial charge in [0.1, 0.15) is 23.1 Å². The van der Waals surface area contributed by atoms with Crippen LogP contribution in [0.15, 0.2) is 108 Å². The normalized spacial score (nSPS) is 12.4. The molecule has 0 spiro atoms. The summed E-state index contributed by atoms with van der Waals surface area (Å²) in [5.41, 5.74) is 5.99. The van der Waals surface area contributed by atoms with E-state index in [2.05, 4.69) is 40.1 Å². The van der Waals surface area contributed by atoms with Crippen LogP contribution in [0.5, 0.6) is 11.5 Å². The van der Waals surface area contributed by atoms with E-state index in [0.717, 1.165) is 47.2 Å². The molecule has 4 aromatic rings. The number of anilines is 4. The van der Waals surface area contributed by atoms with Gasteiger partial charge in [0.05, 0.1) is 20.3 Å². The van der Waals surface area contributed by atoms with Crippen molar-refractivity contribution in [3.63, 3.8) is 0 Å². The van der Waals surface area contributed by atoms with Gasteiger partial charge in [0.2, 0.25) is 0 Å². The van der Waals surface area contributed by atoms with Crippen molar-refractivity contribution in [2.75, 3.05) is 37.1 Å². The Labute approximate surface area is 277 Å². The lowest BCUT2D eigenvalue weighted by Gasteiger charge is -2.26. The molecule has 1 fully saturated rings. The quantitative estimate of drug-likeness (QED) is 0.144. The zero-order chi connectivity index (χ0) is 32.9. The summed E-state index contributed by atoms with van der Waals surface area (Å²) in [6, 6.07) is 35.8. The molecule has 1 aliphatic rings. The van der Waals surface area contributed by atoms with Gasteiger partial charge in [0, 0.05) is 64.7 Å². The molecule has 240 valence electrons. The Bertz CT molecular complexity index is 1740. The van der Waals surface area contributed by atoms with Crippen molar-refractivity contribution in [1.29, 1.82) is 10.5 Å². The van der Waals surface area contributed by atoms with Crippen LogP contribution in [-0.2, 0) is 4.79 Å². The molecular formula is C39H40N4O4. The van der Waals surface area contributed by atoms with Crippen molar-refractivity contribution in [2.24, 2.45) is 0 Å². The SMILES string of the molecule is C.COc1cc(N(c2ccccc2)c2ccccc2)ccc1/C=C(/C)C#N.COc1cc(N2CCCC2)ccc1/C=C(\C#N)C(=O)O. The third-order valence-corrected chi connectivity index (χ3v) is 7.39. The maximum Gasteiger partial charge on any atom is 0.346 e. The molecule has 0 aliphatic carbocycles. The zero-order valence-electron chi connectivity index (χ0n) is 26.2. The number of benzene rings is 4. The van der Waals surface area contributed by atoms with Crippen LogP contribution in [0.3, 0.4) is 0 Å². The van der Waals surface area contributed by atoms with Crippen LogP contribution in [-0.4, -0.2) is 38.4 Å². The van der Waals surface area contributed by atoms with Crippen molar-refractivity contribution in [3.05, 3.63) is 119 Å². The maximum atomic E-state index is 10.9. The Morgan fingerprint density at radius 1 is 0.766 bits per heavy atom. The Hall–Kier alpha value is -5.99. The Balaban J connectivity index is 0.000000259. The standard InChI is InChI=1S/C23H20N2O.C15H16N2O3.CH4/c1-18(17-24)15-19-13-14-22(16-23(19)26-2)25(20-9-5-3-6-10-20)21-11-7-4-8-12-21;1-20-14-9-13(17-6-2-3-7-17)5-4-11(14)8-12(10-16)15(18)19;/h3-16H,1-2H3;4-5,8-9H,2-3,6-7H2,1H3,(H,18,19);1H4/b18-15-;12-8+;. The topological polar surface area (TPSA) is 110 Å². The summed E-state index contributed by atoms with van der Waals surface area (Å²) in [7, 11) is 3.18. The Morgan fingerprint density at radius 2 is 1.30 bits per heavy atom. The number of aliphatic carboxylic acids is 1. The van der Waals surface area contributed by atoms with Crippen molar-refractivity contribution in [2.45, 2.75) is 27.2 Å². The van der Waals surface area contributed by atoms with E-state index in [0.29, 0.717) is 16.9 Å². The summed E-state index contributed by atoms with van der Waals surface area (Å²) in [6.45, 7) is 3.83. The molecule has 1 N–H and O–H groups in total. The molecule has 0 aromatic heterocycles. The molecule has 47 heavy (non-hydrogen) atoms. The highest BCUT2D eigenvalue weighted by molar-refractivity contribution is 5.97. The smallest absolute Gasteiger partial charge is 0.346 e. The minimum atomic E-state index is -1.24. The van der Waals surface area contributed by atoms with Gasteiger partial charge in [-0.3, -0.25) is 0 Å². The highest BCUT2D eigenvalue weighted by Gasteiger charge is 2.16. The molecule has 5 rings (SSSR count). The van der Waals surface area contributed by atoms with Gasteiger partial charge in [0.25, 0.3) is 0 Å². The van der Waals surface area contributed by atoms with Gasteiger partial charge in [-0.2, -0.15) is 10.5 Å². The van der Waals surface area contributed by atoms with Crippen LogP contribution in [0.1, 0.15) is 38.3 Å². The number of hydrogen-bond donors (Lipinski definition) is 1. The van der Waals surface area contributed by atoms with Gasteiger partial charge in [-0.25, -0.2) is 4.79 Å². The first-order chi connectivity index (χ1) is 22.4. The monoisotopic (exact) mass is 628 g/mol. The molecule has 1 aliphatic heterocycles. The summed E-state index contributed by atoms with van der Waals surface area (Å²) in [6.07, 6.45) is 5.52. The number of nitrogens with zero attached hydrogens (tertiary/aromatic N) is 4. The molecule has 8 heteroatoms. The first-order valence-electron chi connectivity index (χ1n) is 14.8. The van der Waals surface area contributed by atoms with Crippen molar-refractivity contribution in [3.8, 4) is 23.6 Å². The number of allylic oxidation sites excluding steroid dienone is 1. The average Bonchev–Trinajstić information content (AvgIpc) is 3.64. The fourth-order valence-electron chi connectivity index (χ4n) is 5.11. The molecule has 1 heterocycles. The largest absolute Gasteiger partial charge is 0.496 e. The number of methoxy groups -OCH3 is 2. The molecule has 0 unspecified atom stereocenters. The lowest BCUT2D eigenvalue weighted by Crippen LogP contribution is -2.17. The summed E-state index contributed by atoms with van der Waals surface area (Å²) < 4.78 is 10.9. The fraction of sp³-hybridized carbons (Fsp3) is 0.205. The highest BCUT2D eigenvalue weighted by atomic mass is 16.5. The third kappa shape index (κ3) is 9.26. The fourth-order valence-corrected chi connectivity index (χ4v) is 5.11. The van der Waals surface area contributed by atoms with Crippen molar-refractivity contribution >= 4 is 40.9 Å². The molecule has 1 saturated heterocycles. The van der Waals surface area contributed by atoms with Gasteiger partial charge in [-0.05, 0) is 80.4 Å². The Morgan fingerprint density at radius 3 is 1.81 bits per heavy atom. The number of rotatable bonds is 9. The first kappa shape index (κ1) is 35.5. The van der Waals surface area contributed by atoms with E-state index in [1.807, 2.05) is 72.8 Å². The van der Waals surface area contributed by atoms with Gasteiger partial charge in [-0.15, -0.1) is 0 Å². The van der Waals surface area contributed by atoms with Crippen molar-refractivity contribution in [1.82, 2.24) is 0 Å². The molecule has 0 amide bonds. The van der Waals surface area contributed by atoms with E-state index in [1.54, 1.807) is 26.2 Å². The third-order valence-electron chi connectivity index (χ3n) is 7.39. The average molecular weight is 629 g/mol. The van der Waals surface area contributed by atoms with E-state index in [-0.39, 0.29) is 13.0 Å². The number of para-hydroxylation sites is 2. The molecular weight excluding hydrogens is 588 g/mol. The molecule has 0 bridgehead atoms. The van der Waals surface area contributed by atoms with Crippen LogP contribution < -0.4 is 19.3 Å². The van der Waals surface area contributed by atoms with Crippen molar-refractivity contribution < 1.29 is 19.4 Å². The summed E-state index contributed by atoms with van der Waals surface area (Å²) in [5.74, 6) is 0.0653. The number of carboxylic acids is 1. The minimum Gasteiger partial charge on any atom is -0.496 e. The van der Waals surface area contributed by atoms with Gasteiger partial charge >= 0.3 is 5.97 Å². The second-order valence-electron chi connectivity index (χ2n) is 10.5. The summed E-state index contributed by atoms with van der Waals surface area (Å²) >= 11 is 0. The van der Waals surface area contributed by atoms with E-state index in [9.17, 15) is 4.79 Å². The Kier molecular flexibility index (Phi) is 13.2. The predicted octanol–water partition coefficient (Wildman–Crippen LogP) is 9.01. The zero-order valence-corrected chi connectivity index (χ0v) is 26.2. The predicted molar refractivity (Wildman–Crippen MR) is 189 cm³/mol. The highest BCUT2D eigenvalue weighted by Crippen LogP contribution is 2.37. The number of carbonyl (C=O) groups is 1. The van der Waals surface area contributed by atoms with Gasteiger partial charge in [-0.1, -0.05) is 43.8 Å². The molecule has 0 saturated carbocycles. The van der Waals surface area contributed by atoms with Crippen LogP contribution in [0.25, 0.3) is 12.2 Å². The molecule has 0 atom stereocenters. The van der Waals surface area contributed by atoms with Crippen LogP contribution in [0, 0.1) is 22.7 Å². The molecule has 4 aromatic carbocycles. The van der Waals surface area contributed by atoms with E-state index >= 15 is 0 Å². The summed E-state index contributed by atoms with van der Waals surface area (Å²) in [5, 5.41) is 26.7. The van der Waals surface area contributed by atoms with Crippen LogP contribution in [0.4, 0.5) is 22.7 Å². The van der Waals surface area contributed by atoms with E-state index < -0.39 is 5.97 Å². The van der Waals surface area contributed by atoms with Crippen LogP contribution >= 0.6 is 0 Å². The second-order valence-corrected chi connectivity index (χ2v) is 10.5. The lowest BCUT2D eigenvalue weighted by molar-refractivity contribution is -0.132. The summed E-state index contributed by atoms with van der Waals surface area (Å²) in [4.78, 5) is 15.3. The van der Waals surface area contributed by atoms with Gasteiger partial charge < -0.3 is 24.4 Å². The van der Waals surface area contributed by atoms with Crippen LogP contribution in [0.2, 0.25) is 0 Å². The minimum absolute atomic E-state index is 0. The second kappa shape index (κ2) is 17.5. The van der Waals surface area contributed by atoms with Gasteiger partial charge in [0.15, 0.2) is 0 Å². The number of nitriles is 2. The first-order valence-corrected chi connectivity index (χ1v) is 14.8. The molecule has 0 radical (unpaired) electrons. The lowest BCUT2D eigenvalue weighted by atomic mass is 10.1. The van der Waals surface area contributed by atoms with E-state index in [1.165, 1.54) is 26.0 Å². The number of ether oxygens (including phenoxy) is 2.